The van der Waals surface area contributed by atoms with Gasteiger partial charge >= 0.3 is 12.4 Å². The van der Waals surface area contributed by atoms with E-state index in [1.807, 2.05) is 0 Å². The number of anilines is 2. The number of aromatic nitrogens is 2. The van der Waals surface area contributed by atoms with Gasteiger partial charge in [0.1, 0.15) is 10.8 Å². The first-order valence-corrected chi connectivity index (χ1v) is 5.91. The maximum atomic E-state index is 12.0. The summed E-state index contributed by atoms with van der Waals surface area (Å²) in [5.74, 6) is -0.366. The predicted molar refractivity (Wildman–Crippen MR) is 65.7 cm³/mol. The van der Waals surface area contributed by atoms with Crippen molar-refractivity contribution in [3.05, 3.63) is 30.5 Å². The van der Waals surface area contributed by atoms with Crippen LogP contribution in [0.4, 0.5) is 28.7 Å². The molecule has 6 nitrogen and oxygen atoms in total. The van der Waals surface area contributed by atoms with E-state index < -0.39 is 12.4 Å². The molecule has 0 aliphatic carbocycles. The molecular weight excluding hydrogens is 297 g/mol. The summed E-state index contributed by atoms with van der Waals surface area (Å²) in [7, 11) is 0. The third-order valence-corrected chi connectivity index (χ3v) is 2.52. The van der Waals surface area contributed by atoms with Gasteiger partial charge in [-0.15, -0.1) is 18.3 Å². The highest BCUT2D eigenvalue weighted by atomic mass is 32.1. The molecule has 0 spiro atoms. The molecule has 0 atom stereocenters. The van der Waals surface area contributed by atoms with Gasteiger partial charge in [-0.1, -0.05) is 4.49 Å². The lowest BCUT2D eigenvalue weighted by Gasteiger charge is -2.10. The maximum Gasteiger partial charge on any atom is 0.573 e. The topological polar surface area (TPSA) is 76.1 Å². The molecule has 0 unspecified atom stereocenters. The second-order valence-electron chi connectivity index (χ2n) is 3.43. The SMILES string of the molecule is O=C(Nc1ccc(OC(F)(F)F)cc1)Nc1cnns1. The number of ether oxygens (including phenoxy) is 1. The third kappa shape index (κ3) is 4.39. The van der Waals surface area contributed by atoms with E-state index in [1.54, 1.807) is 0 Å². The van der Waals surface area contributed by atoms with E-state index in [2.05, 4.69) is 25.0 Å². The molecule has 2 N–H and O–H groups in total. The lowest BCUT2D eigenvalue weighted by molar-refractivity contribution is -0.274. The van der Waals surface area contributed by atoms with Gasteiger partial charge in [-0.2, -0.15) is 0 Å². The van der Waals surface area contributed by atoms with Crippen LogP contribution < -0.4 is 15.4 Å². The van der Waals surface area contributed by atoms with Gasteiger partial charge < -0.3 is 10.1 Å². The molecular formula is C10H7F3N4O2S. The van der Waals surface area contributed by atoms with Crippen molar-refractivity contribution in [3.8, 4) is 5.75 Å². The van der Waals surface area contributed by atoms with Gasteiger partial charge in [0, 0.05) is 17.2 Å². The minimum Gasteiger partial charge on any atom is -0.406 e. The summed E-state index contributed by atoms with van der Waals surface area (Å²) in [6, 6.07) is 4.20. The van der Waals surface area contributed by atoms with Crippen LogP contribution in [0.5, 0.6) is 5.75 Å². The highest BCUT2D eigenvalue weighted by Gasteiger charge is 2.30. The van der Waals surface area contributed by atoms with Crippen molar-refractivity contribution in [2.75, 3.05) is 10.6 Å². The molecule has 1 heterocycles. The van der Waals surface area contributed by atoms with Gasteiger partial charge in [0.25, 0.3) is 0 Å². The Morgan fingerprint density at radius 1 is 1.20 bits per heavy atom. The number of carbonyl (C=O) groups is 1. The second kappa shape index (κ2) is 5.74. The van der Waals surface area contributed by atoms with Gasteiger partial charge in [-0.05, 0) is 24.3 Å². The molecule has 0 bridgehead atoms. The fourth-order valence-corrected chi connectivity index (χ4v) is 1.65. The van der Waals surface area contributed by atoms with Crippen molar-refractivity contribution in [1.82, 2.24) is 9.59 Å². The molecule has 1 aromatic carbocycles. The smallest absolute Gasteiger partial charge is 0.406 e. The van der Waals surface area contributed by atoms with Crippen LogP contribution in [-0.2, 0) is 0 Å². The highest BCUT2D eigenvalue weighted by molar-refractivity contribution is 7.10. The summed E-state index contributed by atoms with van der Waals surface area (Å²) in [6.45, 7) is 0. The first-order valence-electron chi connectivity index (χ1n) is 5.13. The number of alkyl halides is 3. The Hall–Kier alpha value is -2.36. The summed E-state index contributed by atoms with van der Waals surface area (Å²) in [5.41, 5.74) is 0.314. The average Bonchev–Trinajstić information content (AvgIpc) is 2.82. The predicted octanol–water partition coefficient (Wildman–Crippen LogP) is 3.08. The summed E-state index contributed by atoms with van der Waals surface area (Å²) in [6.07, 6.45) is -3.38. The first kappa shape index (κ1) is 14.1. The van der Waals surface area contributed by atoms with Crippen LogP contribution in [0.1, 0.15) is 0 Å². The number of hydrogen-bond acceptors (Lipinski definition) is 5. The fraction of sp³-hybridized carbons (Fsp3) is 0.100. The number of amides is 2. The van der Waals surface area contributed by atoms with Crippen LogP contribution in [-0.4, -0.2) is 22.0 Å². The lowest BCUT2D eigenvalue weighted by Crippen LogP contribution is -2.19. The molecule has 0 radical (unpaired) electrons. The fourth-order valence-electron chi connectivity index (χ4n) is 1.24. The number of rotatable bonds is 3. The van der Waals surface area contributed by atoms with Gasteiger partial charge in [-0.3, -0.25) is 5.32 Å². The number of urea groups is 1. The Bertz CT molecular complexity index is 571. The Morgan fingerprint density at radius 2 is 1.90 bits per heavy atom. The number of hydrogen-bond donors (Lipinski definition) is 2. The van der Waals surface area contributed by atoms with E-state index in [0.29, 0.717) is 10.7 Å². The number of carbonyl (C=O) groups excluding carboxylic acids is 1. The van der Waals surface area contributed by atoms with Gasteiger partial charge in [0.2, 0.25) is 0 Å². The molecule has 20 heavy (non-hydrogen) atoms. The number of benzene rings is 1. The molecule has 2 amide bonds. The molecule has 10 heteroatoms. The van der Waals surface area contributed by atoms with Gasteiger partial charge in [0.15, 0.2) is 0 Å². The van der Waals surface area contributed by atoms with Crippen LogP contribution in [0.2, 0.25) is 0 Å². The minimum atomic E-state index is -4.74. The van der Waals surface area contributed by atoms with Gasteiger partial charge in [0.05, 0.1) is 6.20 Å². The molecule has 0 fully saturated rings. The molecule has 106 valence electrons. The second-order valence-corrected chi connectivity index (χ2v) is 4.22. The minimum absolute atomic E-state index is 0.314. The largest absolute Gasteiger partial charge is 0.573 e. The van der Waals surface area contributed by atoms with Crippen molar-refractivity contribution in [3.63, 3.8) is 0 Å². The Labute approximate surface area is 114 Å². The van der Waals surface area contributed by atoms with Crippen LogP contribution in [0.15, 0.2) is 30.5 Å². The van der Waals surface area contributed by atoms with Crippen LogP contribution in [0.25, 0.3) is 0 Å². The Kier molecular flexibility index (Phi) is 4.03. The number of nitrogens with one attached hydrogen (secondary N) is 2. The van der Waals surface area contributed by atoms with Crippen LogP contribution in [0.3, 0.4) is 0 Å². The Morgan fingerprint density at radius 3 is 2.45 bits per heavy atom. The van der Waals surface area contributed by atoms with Crippen molar-refractivity contribution in [2.45, 2.75) is 6.36 Å². The molecule has 0 aliphatic rings. The van der Waals surface area contributed by atoms with E-state index in [1.165, 1.54) is 18.3 Å². The highest BCUT2D eigenvalue weighted by Crippen LogP contribution is 2.24. The van der Waals surface area contributed by atoms with Gasteiger partial charge in [-0.25, -0.2) is 4.79 Å². The van der Waals surface area contributed by atoms with Crippen molar-refractivity contribution >= 4 is 28.3 Å². The zero-order valence-corrected chi connectivity index (χ0v) is 10.5. The summed E-state index contributed by atoms with van der Waals surface area (Å²) in [4.78, 5) is 11.5. The summed E-state index contributed by atoms with van der Waals surface area (Å²) >= 11 is 0.993. The van der Waals surface area contributed by atoms with E-state index in [-0.39, 0.29) is 5.75 Å². The molecule has 0 saturated heterocycles. The normalized spacial score (nSPS) is 10.9. The van der Waals surface area contributed by atoms with Crippen LogP contribution in [0, 0.1) is 0 Å². The molecule has 0 aliphatic heterocycles. The zero-order valence-electron chi connectivity index (χ0n) is 9.64. The quantitative estimate of drug-likeness (QED) is 0.913. The van der Waals surface area contributed by atoms with E-state index in [0.717, 1.165) is 23.7 Å². The van der Waals surface area contributed by atoms with Crippen LogP contribution >= 0.6 is 11.5 Å². The number of nitrogens with zero attached hydrogens (tertiary/aromatic N) is 2. The first-order chi connectivity index (χ1) is 9.42. The molecule has 2 aromatic rings. The molecule has 1 aromatic heterocycles. The third-order valence-electron chi connectivity index (χ3n) is 1.94. The number of halogens is 3. The maximum absolute atomic E-state index is 12.0. The Balaban J connectivity index is 1.92. The van der Waals surface area contributed by atoms with Crippen molar-refractivity contribution in [2.24, 2.45) is 0 Å². The van der Waals surface area contributed by atoms with Crippen molar-refractivity contribution in [1.29, 1.82) is 0 Å². The van der Waals surface area contributed by atoms with Crippen molar-refractivity contribution < 1.29 is 22.7 Å². The summed E-state index contributed by atoms with van der Waals surface area (Å²) in [5, 5.41) is 8.86. The summed E-state index contributed by atoms with van der Waals surface area (Å²) < 4.78 is 43.1. The monoisotopic (exact) mass is 304 g/mol. The lowest BCUT2D eigenvalue weighted by atomic mass is 10.3. The van der Waals surface area contributed by atoms with E-state index in [9.17, 15) is 18.0 Å². The standard InChI is InChI=1S/C10H7F3N4O2S/c11-10(12,13)19-7-3-1-6(2-4-7)15-9(18)16-8-5-14-17-20-8/h1-5H,(H2,15,16,18). The van der Waals surface area contributed by atoms with E-state index in [4.69, 9.17) is 0 Å². The molecule has 0 saturated carbocycles. The zero-order chi connectivity index (χ0) is 14.6. The molecule has 2 rings (SSSR count). The van der Waals surface area contributed by atoms with E-state index >= 15 is 0 Å². The average molecular weight is 304 g/mol.